The fourth-order valence-electron chi connectivity index (χ4n) is 1.96. The summed E-state index contributed by atoms with van der Waals surface area (Å²) >= 11 is 0. The van der Waals surface area contributed by atoms with E-state index in [0.717, 1.165) is 5.92 Å². The summed E-state index contributed by atoms with van der Waals surface area (Å²) in [6, 6.07) is 0.691. The van der Waals surface area contributed by atoms with Crippen LogP contribution in [-0.4, -0.2) is 12.6 Å². The molecule has 0 bridgehead atoms. The Morgan fingerprint density at radius 3 is 2.19 bits per heavy atom. The Kier molecular flexibility index (Phi) is 11.4. The van der Waals surface area contributed by atoms with Crippen molar-refractivity contribution >= 4 is 0 Å². The maximum Gasteiger partial charge on any atom is 0.00361 e. The van der Waals surface area contributed by atoms with Gasteiger partial charge in [0.25, 0.3) is 0 Å². The summed E-state index contributed by atoms with van der Waals surface area (Å²) in [5.41, 5.74) is 0. The minimum atomic E-state index is 0.691. The molecule has 2 atom stereocenters. The van der Waals surface area contributed by atoms with E-state index in [1.54, 1.807) is 0 Å². The molecule has 0 heterocycles. The van der Waals surface area contributed by atoms with E-state index in [1.165, 1.54) is 57.9 Å². The van der Waals surface area contributed by atoms with E-state index < -0.39 is 0 Å². The Morgan fingerprint density at radius 1 is 0.875 bits per heavy atom. The second-order valence-corrected chi connectivity index (χ2v) is 5.36. The van der Waals surface area contributed by atoms with Crippen molar-refractivity contribution in [2.24, 2.45) is 5.92 Å². The van der Waals surface area contributed by atoms with Gasteiger partial charge < -0.3 is 5.32 Å². The fourth-order valence-corrected chi connectivity index (χ4v) is 1.96. The highest BCUT2D eigenvalue weighted by Gasteiger charge is 2.03. The zero-order valence-corrected chi connectivity index (χ0v) is 12.0. The molecular weight excluding hydrogens is 194 g/mol. The van der Waals surface area contributed by atoms with Gasteiger partial charge in [0.15, 0.2) is 0 Å². The molecule has 0 fully saturated rings. The Bertz CT molecular complexity index is 133. The first-order valence-electron chi connectivity index (χ1n) is 7.44. The minimum Gasteiger partial charge on any atom is -0.314 e. The summed E-state index contributed by atoms with van der Waals surface area (Å²) in [6.07, 6.45) is 11.1. The van der Waals surface area contributed by atoms with Gasteiger partial charge >= 0.3 is 0 Å². The van der Waals surface area contributed by atoms with Crippen LogP contribution < -0.4 is 5.32 Å². The van der Waals surface area contributed by atoms with E-state index >= 15 is 0 Å². The molecule has 0 saturated heterocycles. The molecule has 0 aliphatic heterocycles. The minimum absolute atomic E-state index is 0.691. The van der Waals surface area contributed by atoms with E-state index in [-0.39, 0.29) is 0 Å². The molecule has 2 unspecified atom stereocenters. The summed E-state index contributed by atoms with van der Waals surface area (Å²) in [4.78, 5) is 0. The van der Waals surface area contributed by atoms with Crippen LogP contribution in [0.25, 0.3) is 0 Å². The highest BCUT2D eigenvalue weighted by molar-refractivity contribution is 4.61. The van der Waals surface area contributed by atoms with E-state index in [4.69, 9.17) is 0 Å². The van der Waals surface area contributed by atoms with Crippen LogP contribution in [0.2, 0.25) is 0 Å². The van der Waals surface area contributed by atoms with Crippen molar-refractivity contribution in [3.63, 3.8) is 0 Å². The summed E-state index contributed by atoms with van der Waals surface area (Å²) < 4.78 is 0. The van der Waals surface area contributed by atoms with E-state index in [0.29, 0.717) is 6.04 Å². The van der Waals surface area contributed by atoms with Gasteiger partial charge in [-0.2, -0.15) is 0 Å². The number of nitrogens with one attached hydrogen (secondary N) is 1. The molecule has 0 aromatic carbocycles. The third kappa shape index (κ3) is 10.5. The summed E-state index contributed by atoms with van der Waals surface area (Å²) in [5.74, 6) is 0.901. The van der Waals surface area contributed by atoms with Crippen LogP contribution in [0.15, 0.2) is 0 Å². The predicted molar refractivity (Wildman–Crippen MR) is 74.9 cm³/mol. The zero-order valence-electron chi connectivity index (χ0n) is 12.0. The van der Waals surface area contributed by atoms with Gasteiger partial charge in [-0.25, -0.2) is 0 Å². The van der Waals surface area contributed by atoms with Crippen molar-refractivity contribution in [3.05, 3.63) is 0 Å². The molecule has 0 amide bonds. The van der Waals surface area contributed by atoms with E-state index in [9.17, 15) is 0 Å². The number of rotatable bonds is 11. The maximum absolute atomic E-state index is 3.57. The van der Waals surface area contributed by atoms with Crippen molar-refractivity contribution in [1.82, 2.24) is 5.32 Å². The van der Waals surface area contributed by atoms with Crippen molar-refractivity contribution in [1.29, 1.82) is 0 Å². The molecule has 1 heteroatoms. The fraction of sp³-hybridized carbons (Fsp3) is 1.00. The van der Waals surface area contributed by atoms with Gasteiger partial charge in [0, 0.05) is 6.04 Å². The monoisotopic (exact) mass is 227 g/mol. The summed E-state index contributed by atoms with van der Waals surface area (Å²) in [7, 11) is 0. The van der Waals surface area contributed by atoms with Gasteiger partial charge in [-0.1, -0.05) is 59.3 Å². The predicted octanol–water partition coefficient (Wildman–Crippen LogP) is 4.76. The average Bonchev–Trinajstić information content (AvgIpc) is 2.28. The van der Waals surface area contributed by atoms with Crippen LogP contribution in [0.3, 0.4) is 0 Å². The molecular formula is C15H33N. The normalized spacial score (nSPS) is 15.0. The lowest BCUT2D eigenvalue weighted by atomic mass is 9.99. The summed E-state index contributed by atoms with van der Waals surface area (Å²) in [5, 5.41) is 3.57. The van der Waals surface area contributed by atoms with Crippen LogP contribution >= 0.6 is 0 Å². The lowest BCUT2D eigenvalue weighted by molar-refractivity contribution is 0.423. The van der Waals surface area contributed by atoms with Crippen molar-refractivity contribution in [2.45, 2.75) is 85.1 Å². The number of hydrogen-bond donors (Lipinski definition) is 1. The van der Waals surface area contributed by atoms with Gasteiger partial charge in [-0.05, 0) is 32.2 Å². The third-order valence-corrected chi connectivity index (χ3v) is 3.54. The Balaban J connectivity index is 3.21. The largest absolute Gasteiger partial charge is 0.314 e. The molecule has 98 valence electrons. The molecule has 16 heavy (non-hydrogen) atoms. The van der Waals surface area contributed by atoms with Gasteiger partial charge in [0.2, 0.25) is 0 Å². The second-order valence-electron chi connectivity index (χ2n) is 5.36. The maximum atomic E-state index is 3.57. The Morgan fingerprint density at radius 2 is 1.56 bits per heavy atom. The van der Waals surface area contributed by atoms with Gasteiger partial charge in [0.1, 0.15) is 0 Å². The highest BCUT2D eigenvalue weighted by Crippen LogP contribution is 2.13. The smallest absolute Gasteiger partial charge is 0.00361 e. The molecule has 0 rings (SSSR count). The van der Waals surface area contributed by atoms with Crippen LogP contribution in [0, 0.1) is 5.92 Å². The number of hydrogen-bond acceptors (Lipinski definition) is 1. The van der Waals surface area contributed by atoms with Crippen LogP contribution in [0.5, 0.6) is 0 Å². The standard InChI is InChI=1S/C15H33N/c1-5-7-8-9-10-11-14(3)12-13-16-15(4)6-2/h14-16H,5-13H2,1-4H3. The van der Waals surface area contributed by atoms with Gasteiger partial charge in [-0.3, -0.25) is 0 Å². The molecule has 0 saturated carbocycles. The van der Waals surface area contributed by atoms with Crippen molar-refractivity contribution in [3.8, 4) is 0 Å². The first-order valence-corrected chi connectivity index (χ1v) is 7.44. The molecule has 0 aromatic heterocycles. The summed E-state index contributed by atoms with van der Waals surface area (Å²) in [6.45, 7) is 10.4. The van der Waals surface area contributed by atoms with Crippen LogP contribution in [0.1, 0.15) is 79.1 Å². The van der Waals surface area contributed by atoms with E-state index in [2.05, 4.69) is 33.0 Å². The topological polar surface area (TPSA) is 12.0 Å². The average molecular weight is 227 g/mol. The van der Waals surface area contributed by atoms with Crippen LogP contribution in [-0.2, 0) is 0 Å². The van der Waals surface area contributed by atoms with Gasteiger partial charge in [-0.15, -0.1) is 0 Å². The first-order chi connectivity index (χ1) is 7.70. The molecule has 0 aliphatic carbocycles. The Labute approximate surface area is 103 Å². The molecule has 0 spiro atoms. The molecule has 0 radical (unpaired) electrons. The van der Waals surface area contributed by atoms with Crippen molar-refractivity contribution < 1.29 is 0 Å². The van der Waals surface area contributed by atoms with Gasteiger partial charge in [0.05, 0.1) is 0 Å². The quantitative estimate of drug-likeness (QED) is 0.502. The lowest BCUT2D eigenvalue weighted by Gasteiger charge is -2.15. The third-order valence-electron chi connectivity index (χ3n) is 3.54. The molecule has 1 N–H and O–H groups in total. The van der Waals surface area contributed by atoms with Crippen LogP contribution in [0.4, 0.5) is 0 Å². The number of unbranched alkanes of at least 4 members (excludes halogenated alkanes) is 4. The second kappa shape index (κ2) is 11.4. The highest BCUT2D eigenvalue weighted by atomic mass is 14.9. The molecule has 1 nitrogen and oxygen atoms in total. The van der Waals surface area contributed by atoms with E-state index in [1.807, 2.05) is 0 Å². The molecule has 0 aliphatic rings. The lowest BCUT2D eigenvalue weighted by Crippen LogP contribution is -2.27. The molecule has 0 aromatic rings. The first kappa shape index (κ1) is 16.0. The SMILES string of the molecule is CCCCCCCC(C)CCNC(C)CC. The van der Waals surface area contributed by atoms with Crippen molar-refractivity contribution in [2.75, 3.05) is 6.54 Å². The Hall–Kier alpha value is -0.0400. The zero-order chi connectivity index (χ0) is 12.2.